The Morgan fingerprint density at radius 3 is 2.33 bits per heavy atom. The van der Waals surface area contributed by atoms with Gasteiger partial charge in [-0.1, -0.05) is 30.3 Å². The lowest BCUT2D eigenvalue weighted by Crippen LogP contribution is -2.34. The number of para-hydroxylation sites is 1. The summed E-state index contributed by atoms with van der Waals surface area (Å²) in [5.74, 6) is 0.674. The van der Waals surface area contributed by atoms with E-state index in [1.807, 2.05) is 30.3 Å². The Kier molecular flexibility index (Phi) is 6.32. The van der Waals surface area contributed by atoms with Gasteiger partial charge in [-0.25, -0.2) is 4.79 Å². The minimum atomic E-state index is -3.79. The van der Waals surface area contributed by atoms with Gasteiger partial charge in [0.2, 0.25) is 0 Å². The summed E-state index contributed by atoms with van der Waals surface area (Å²) in [5.41, 5.74) is 1.54. The molecule has 0 aliphatic carbocycles. The first kappa shape index (κ1) is 22.3. The summed E-state index contributed by atoms with van der Waals surface area (Å²) >= 11 is 0. The molecule has 33 heavy (non-hydrogen) atoms. The van der Waals surface area contributed by atoms with Gasteiger partial charge in [-0.2, -0.15) is 8.42 Å². The molecule has 1 aliphatic heterocycles. The van der Waals surface area contributed by atoms with Crippen molar-refractivity contribution in [3.63, 3.8) is 0 Å². The summed E-state index contributed by atoms with van der Waals surface area (Å²) in [7, 11) is -0.797. The van der Waals surface area contributed by atoms with E-state index in [2.05, 4.69) is 4.40 Å². The highest BCUT2D eigenvalue weighted by atomic mass is 32.2. The fraction of sp³-hybridized carbons (Fsp3) is 0.167. The van der Waals surface area contributed by atoms with Gasteiger partial charge >= 0.3 is 5.97 Å². The summed E-state index contributed by atoms with van der Waals surface area (Å²) in [6.45, 7) is 0.203. The predicted octanol–water partition coefficient (Wildman–Crippen LogP) is 3.52. The molecule has 0 saturated heterocycles. The number of benzene rings is 3. The Morgan fingerprint density at radius 2 is 1.61 bits per heavy atom. The number of esters is 1. The number of rotatable bonds is 7. The fourth-order valence-electron chi connectivity index (χ4n) is 3.52. The molecule has 0 bridgehead atoms. The SMILES string of the molecule is COc1ccc(C(=O)OCCN(C2=NS(=O)(=O)c3ccccc32)c2ccccc2)cc1OC. The van der Waals surface area contributed by atoms with Crippen LogP contribution in [0.5, 0.6) is 11.5 Å². The van der Waals surface area contributed by atoms with Crippen LogP contribution in [-0.2, 0) is 14.8 Å². The van der Waals surface area contributed by atoms with E-state index < -0.39 is 16.0 Å². The first-order valence-electron chi connectivity index (χ1n) is 10.1. The third-order valence-electron chi connectivity index (χ3n) is 5.10. The third kappa shape index (κ3) is 4.54. The maximum absolute atomic E-state index is 12.6. The van der Waals surface area contributed by atoms with E-state index in [4.69, 9.17) is 14.2 Å². The van der Waals surface area contributed by atoms with Crippen LogP contribution in [0, 0.1) is 0 Å². The largest absolute Gasteiger partial charge is 0.493 e. The van der Waals surface area contributed by atoms with Gasteiger partial charge in [0.25, 0.3) is 10.0 Å². The summed E-state index contributed by atoms with van der Waals surface area (Å²) < 4.78 is 45.0. The van der Waals surface area contributed by atoms with Gasteiger partial charge in [-0.05, 0) is 42.5 Å². The Morgan fingerprint density at radius 1 is 0.909 bits per heavy atom. The molecule has 0 fully saturated rings. The maximum atomic E-state index is 12.6. The lowest BCUT2D eigenvalue weighted by molar-refractivity contribution is 0.0517. The van der Waals surface area contributed by atoms with Crippen LogP contribution in [0.3, 0.4) is 0 Å². The zero-order chi connectivity index (χ0) is 23.4. The highest BCUT2D eigenvalue weighted by Gasteiger charge is 2.32. The average molecular weight is 467 g/mol. The predicted molar refractivity (Wildman–Crippen MR) is 124 cm³/mol. The topological polar surface area (TPSA) is 94.5 Å². The molecular weight excluding hydrogens is 444 g/mol. The minimum Gasteiger partial charge on any atom is -0.493 e. The molecule has 0 atom stereocenters. The van der Waals surface area contributed by atoms with Gasteiger partial charge in [0.15, 0.2) is 17.3 Å². The molecule has 170 valence electrons. The standard InChI is InChI=1S/C24H22N2O6S/c1-30-20-13-12-17(16-21(20)31-2)24(27)32-15-14-26(18-8-4-3-5-9-18)23-19-10-6-7-11-22(19)33(28,29)25-23/h3-13,16H,14-15H2,1-2H3. The lowest BCUT2D eigenvalue weighted by atomic mass is 10.1. The van der Waals surface area contributed by atoms with E-state index in [1.54, 1.807) is 41.3 Å². The number of nitrogens with zero attached hydrogens (tertiary/aromatic N) is 2. The molecule has 0 spiro atoms. The average Bonchev–Trinajstić information content (AvgIpc) is 3.12. The molecule has 0 radical (unpaired) electrons. The van der Waals surface area contributed by atoms with Crippen molar-refractivity contribution >= 4 is 27.5 Å². The number of hydrogen-bond acceptors (Lipinski definition) is 7. The number of sulfonamides is 1. The van der Waals surface area contributed by atoms with E-state index in [1.165, 1.54) is 20.3 Å². The van der Waals surface area contributed by atoms with Gasteiger partial charge < -0.3 is 19.1 Å². The number of fused-ring (bicyclic) bond motifs is 1. The molecule has 9 heteroatoms. The van der Waals surface area contributed by atoms with Crippen LogP contribution in [0.25, 0.3) is 0 Å². The molecular formula is C24H22N2O6S. The van der Waals surface area contributed by atoms with Crippen molar-refractivity contribution in [2.75, 3.05) is 32.3 Å². The molecule has 3 aromatic rings. The van der Waals surface area contributed by atoms with Crippen LogP contribution in [0.2, 0.25) is 0 Å². The molecule has 1 aliphatic rings. The number of hydrogen-bond donors (Lipinski definition) is 0. The Hall–Kier alpha value is -3.85. The van der Waals surface area contributed by atoms with Crippen molar-refractivity contribution in [1.82, 2.24) is 0 Å². The van der Waals surface area contributed by atoms with Crippen molar-refractivity contribution in [2.45, 2.75) is 4.90 Å². The van der Waals surface area contributed by atoms with Crippen LogP contribution >= 0.6 is 0 Å². The van der Waals surface area contributed by atoms with Gasteiger partial charge in [0, 0.05) is 11.3 Å². The quantitative estimate of drug-likeness (QED) is 0.492. The van der Waals surface area contributed by atoms with Gasteiger partial charge in [0.1, 0.15) is 11.5 Å². The second kappa shape index (κ2) is 9.33. The van der Waals surface area contributed by atoms with Crippen LogP contribution in [-0.4, -0.2) is 47.6 Å². The molecule has 0 N–H and O–H groups in total. The summed E-state index contributed by atoms with van der Waals surface area (Å²) in [4.78, 5) is 14.5. The number of methoxy groups -OCH3 is 2. The number of anilines is 1. The Labute approximate surface area is 192 Å². The smallest absolute Gasteiger partial charge is 0.338 e. The first-order chi connectivity index (χ1) is 15.9. The maximum Gasteiger partial charge on any atom is 0.338 e. The normalized spacial score (nSPS) is 13.6. The molecule has 0 saturated carbocycles. The van der Waals surface area contributed by atoms with Crippen LogP contribution in [0.1, 0.15) is 15.9 Å². The second-order valence-corrected chi connectivity index (χ2v) is 8.65. The molecule has 0 amide bonds. The molecule has 3 aromatic carbocycles. The summed E-state index contributed by atoms with van der Waals surface area (Å²) in [6, 6.07) is 20.6. The number of carbonyl (C=O) groups is 1. The van der Waals surface area contributed by atoms with E-state index in [0.29, 0.717) is 28.5 Å². The molecule has 0 unspecified atom stereocenters. The van der Waals surface area contributed by atoms with Crippen molar-refractivity contribution in [1.29, 1.82) is 0 Å². The van der Waals surface area contributed by atoms with E-state index >= 15 is 0 Å². The molecule has 0 aromatic heterocycles. The van der Waals surface area contributed by atoms with Crippen molar-refractivity contribution in [3.8, 4) is 11.5 Å². The van der Waals surface area contributed by atoms with Gasteiger partial charge in [0.05, 0.1) is 26.3 Å². The fourth-order valence-corrected chi connectivity index (χ4v) is 4.74. The summed E-state index contributed by atoms with van der Waals surface area (Å²) in [5, 5.41) is 0. The first-order valence-corrected chi connectivity index (χ1v) is 11.5. The highest BCUT2D eigenvalue weighted by Crippen LogP contribution is 2.30. The highest BCUT2D eigenvalue weighted by molar-refractivity contribution is 7.90. The zero-order valence-electron chi connectivity index (χ0n) is 18.1. The lowest BCUT2D eigenvalue weighted by Gasteiger charge is -2.24. The summed E-state index contributed by atoms with van der Waals surface area (Å²) in [6.07, 6.45) is 0. The second-order valence-electron chi connectivity index (χ2n) is 7.08. The zero-order valence-corrected chi connectivity index (χ0v) is 18.9. The van der Waals surface area contributed by atoms with E-state index in [-0.39, 0.29) is 18.0 Å². The molecule has 4 rings (SSSR count). The van der Waals surface area contributed by atoms with Crippen molar-refractivity contribution < 1.29 is 27.4 Å². The Balaban J connectivity index is 1.56. The monoisotopic (exact) mass is 466 g/mol. The van der Waals surface area contributed by atoms with Crippen LogP contribution in [0.4, 0.5) is 5.69 Å². The van der Waals surface area contributed by atoms with E-state index in [0.717, 1.165) is 5.69 Å². The van der Waals surface area contributed by atoms with Gasteiger partial charge in [-0.15, -0.1) is 4.40 Å². The Bertz CT molecular complexity index is 1310. The third-order valence-corrected chi connectivity index (χ3v) is 6.43. The van der Waals surface area contributed by atoms with Crippen molar-refractivity contribution in [3.05, 3.63) is 83.9 Å². The minimum absolute atomic E-state index is 0.00328. The molecule has 1 heterocycles. The van der Waals surface area contributed by atoms with Crippen molar-refractivity contribution in [2.24, 2.45) is 4.40 Å². The van der Waals surface area contributed by atoms with E-state index in [9.17, 15) is 13.2 Å². The molecule has 8 nitrogen and oxygen atoms in total. The van der Waals surface area contributed by atoms with Crippen LogP contribution < -0.4 is 14.4 Å². The number of ether oxygens (including phenoxy) is 3. The van der Waals surface area contributed by atoms with Crippen LogP contribution in [0.15, 0.2) is 82.1 Å². The van der Waals surface area contributed by atoms with Gasteiger partial charge in [-0.3, -0.25) is 0 Å². The number of carbonyl (C=O) groups excluding carboxylic acids is 1. The number of amidine groups is 1.